The minimum atomic E-state index is -0.321. The molecule has 1 amide bonds. The number of rotatable bonds is 9. The van der Waals surface area contributed by atoms with Crippen LogP contribution in [0.25, 0.3) is 0 Å². The van der Waals surface area contributed by atoms with Crippen molar-refractivity contribution in [2.75, 3.05) is 13.7 Å². The fraction of sp³-hybridized carbons (Fsp3) is 0.167. The highest BCUT2D eigenvalue weighted by Crippen LogP contribution is 2.29. The number of hydrogen-bond donors (Lipinski definition) is 1. The van der Waals surface area contributed by atoms with Gasteiger partial charge < -0.3 is 14.2 Å². The molecule has 3 rings (SSSR count). The van der Waals surface area contributed by atoms with Crippen molar-refractivity contribution in [3.8, 4) is 17.2 Å². The molecular formula is C24H22Cl2N2O4. The lowest BCUT2D eigenvalue weighted by atomic mass is 10.2. The van der Waals surface area contributed by atoms with Gasteiger partial charge in [0.1, 0.15) is 12.4 Å². The fourth-order valence-corrected chi connectivity index (χ4v) is 3.09. The number of ether oxygens (including phenoxy) is 3. The Hall–Kier alpha value is -3.22. The number of nitrogens with one attached hydrogen (secondary N) is 1. The predicted molar refractivity (Wildman–Crippen MR) is 126 cm³/mol. The van der Waals surface area contributed by atoms with Gasteiger partial charge in [0.25, 0.3) is 5.91 Å². The number of benzene rings is 3. The van der Waals surface area contributed by atoms with E-state index in [-0.39, 0.29) is 5.91 Å². The van der Waals surface area contributed by atoms with Crippen molar-refractivity contribution in [3.05, 3.63) is 87.4 Å². The van der Waals surface area contributed by atoms with Crippen molar-refractivity contribution < 1.29 is 19.0 Å². The molecule has 0 unspecified atom stereocenters. The summed E-state index contributed by atoms with van der Waals surface area (Å²) in [6, 6.07) is 17.5. The van der Waals surface area contributed by atoms with Crippen LogP contribution in [0, 0.1) is 0 Å². The predicted octanol–water partition coefficient (Wildman–Crippen LogP) is 5.74. The van der Waals surface area contributed by atoms with Crippen LogP contribution in [-0.4, -0.2) is 25.8 Å². The van der Waals surface area contributed by atoms with Gasteiger partial charge in [0.05, 0.1) is 30.0 Å². The van der Waals surface area contributed by atoms with Gasteiger partial charge in [0.2, 0.25) is 0 Å². The highest BCUT2D eigenvalue weighted by Gasteiger charge is 2.08. The molecule has 0 heterocycles. The van der Waals surface area contributed by atoms with Crippen LogP contribution in [0.4, 0.5) is 0 Å². The fourth-order valence-electron chi connectivity index (χ4n) is 2.77. The van der Waals surface area contributed by atoms with E-state index in [4.69, 9.17) is 37.4 Å². The minimum Gasteiger partial charge on any atom is -0.494 e. The lowest BCUT2D eigenvalue weighted by Gasteiger charge is -2.11. The third-order valence-electron chi connectivity index (χ3n) is 4.37. The van der Waals surface area contributed by atoms with Crippen LogP contribution in [-0.2, 0) is 6.61 Å². The van der Waals surface area contributed by atoms with E-state index in [0.29, 0.717) is 46.1 Å². The highest BCUT2D eigenvalue weighted by molar-refractivity contribution is 6.42. The van der Waals surface area contributed by atoms with Gasteiger partial charge in [0, 0.05) is 5.56 Å². The normalized spacial score (nSPS) is 10.8. The molecule has 0 bridgehead atoms. The van der Waals surface area contributed by atoms with E-state index >= 15 is 0 Å². The molecule has 0 aromatic heterocycles. The second-order valence-electron chi connectivity index (χ2n) is 6.60. The first-order valence-electron chi connectivity index (χ1n) is 9.81. The number of carbonyl (C=O) groups is 1. The van der Waals surface area contributed by atoms with E-state index in [9.17, 15) is 4.79 Å². The SMILES string of the molecule is CCOc1ccc(C(=O)N/N=C\c2ccc(OCc3ccc(Cl)c(Cl)c3)c(OC)c2)cc1. The van der Waals surface area contributed by atoms with Gasteiger partial charge in [-0.3, -0.25) is 4.79 Å². The molecule has 0 fully saturated rings. The van der Waals surface area contributed by atoms with Crippen LogP contribution in [0.3, 0.4) is 0 Å². The van der Waals surface area contributed by atoms with Crippen molar-refractivity contribution in [2.24, 2.45) is 5.10 Å². The average molecular weight is 473 g/mol. The average Bonchev–Trinajstić information content (AvgIpc) is 2.80. The molecule has 3 aromatic carbocycles. The second kappa shape index (κ2) is 11.4. The molecule has 0 aliphatic heterocycles. The summed E-state index contributed by atoms with van der Waals surface area (Å²) in [5.74, 6) is 1.49. The van der Waals surface area contributed by atoms with Crippen LogP contribution < -0.4 is 19.6 Å². The lowest BCUT2D eigenvalue weighted by molar-refractivity contribution is 0.0955. The summed E-state index contributed by atoms with van der Waals surface area (Å²) >= 11 is 12.0. The summed E-state index contributed by atoms with van der Waals surface area (Å²) in [6.07, 6.45) is 1.53. The van der Waals surface area contributed by atoms with E-state index in [0.717, 1.165) is 11.1 Å². The Morgan fingerprint density at radius 2 is 1.75 bits per heavy atom. The Kier molecular flexibility index (Phi) is 8.36. The van der Waals surface area contributed by atoms with Gasteiger partial charge in [0.15, 0.2) is 11.5 Å². The van der Waals surface area contributed by atoms with Crippen LogP contribution in [0.2, 0.25) is 10.0 Å². The van der Waals surface area contributed by atoms with Gasteiger partial charge in [-0.2, -0.15) is 5.10 Å². The van der Waals surface area contributed by atoms with Gasteiger partial charge in [-0.15, -0.1) is 0 Å². The number of carbonyl (C=O) groups excluding carboxylic acids is 1. The van der Waals surface area contributed by atoms with Gasteiger partial charge in [-0.1, -0.05) is 29.3 Å². The van der Waals surface area contributed by atoms with E-state index in [2.05, 4.69) is 10.5 Å². The zero-order valence-electron chi connectivity index (χ0n) is 17.6. The molecule has 0 aliphatic carbocycles. The number of nitrogens with zero attached hydrogens (tertiary/aromatic N) is 1. The van der Waals surface area contributed by atoms with Gasteiger partial charge in [-0.25, -0.2) is 5.43 Å². The molecule has 0 saturated carbocycles. The zero-order chi connectivity index (χ0) is 22.9. The third kappa shape index (κ3) is 6.39. The minimum absolute atomic E-state index is 0.304. The van der Waals surface area contributed by atoms with Crippen molar-refractivity contribution in [3.63, 3.8) is 0 Å². The molecule has 6 nitrogen and oxygen atoms in total. The van der Waals surface area contributed by atoms with Gasteiger partial charge in [-0.05, 0) is 72.6 Å². The maximum atomic E-state index is 12.2. The van der Waals surface area contributed by atoms with E-state index in [1.165, 1.54) is 6.21 Å². The largest absolute Gasteiger partial charge is 0.494 e. The molecule has 8 heteroatoms. The Balaban J connectivity index is 1.60. The number of hydrogen-bond acceptors (Lipinski definition) is 5. The Labute approximate surface area is 196 Å². The topological polar surface area (TPSA) is 69.2 Å². The second-order valence-corrected chi connectivity index (χ2v) is 7.42. The Morgan fingerprint density at radius 3 is 2.44 bits per heavy atom. The molecule has 0 saturated heterocycles. The zero-order valence-corrected chi connectivity index (χ0v) is 19.1. The van der Waals surface area contributed by atoms with Gasteiger partial charge >= 0.3 is 0 Å². The van der Waals surface area contributed by atoms with E-state index in [1.54, 1.807) is 61.7 Å². The number of methoxy groups -OCH3 is 1. The summed E-state index contributed by atoms with van der Waals surface area (Å²) in [5.41, 5.74) is 4.59. The number of halogens is 2. The maximum absolute atomic E-state index is 12.2. The van der Waals surface area contributed by atoms with Crippen LogP contribution in [0.15, 0.2) is 65.8 Å². The number of amides is 1. The first-order valence-corrected chi connectivity index (χ1v) is 10.6. The third-order valence-corrected chi connectivity index (χ3v) is 5.11. The molecule has 3 aromatic rings. The van der Waals surface area contributed by atoms with Crippen molar-refractivity contribution >= 4 is 35.3 Å². The lowest BCUT2D eigenvalue weighted by Crippen LogP contribution is -2.17. The Morgan fingerprint density at radius 1 is 0.969 bits per heavy atom. The summed E-state index contributed by atoms with van der Waals surface area (Å²) in [7, 11) is 1.55. The molecular weight excluding hydrogens is 451 g/mol. The van der Waals surface area contributed by atoms with Crippen molar-refractivity contribution in [1.29, 1.82) is 0 Å². The monoisotopic (exact) mass is 472 g/mol. The molecule has 0 spiro atoms. The van der Waals surface area contributed by atoms with Crippen molar-refractivity contribution in [2.45, 2.75) is 13.5 Å². The molecule has 166 valence electrons. The quantitative estimate of drug-likeness (QED) is 0.318. The molecule has 0 radical (unpaired) electrons. The summed E-state index contributed by atoms with van der Waals surface area (Å²) < 4.78 is 16.6. The molecule has 0 aliphatic rings. The van der Waals surface area contributed by atoms with E-state index in [1.807, 2.05) is 13.0 Å². The Bertz CT molecular complexity index is 1100. The first kappa shape index (κ1) is 23.4. The summed E-state index contributed by atoms with van der Waals surface area (Å²) in [5, 5.41) is 4.98. The van der Waals surface area contributed by atoms with Crippen LogP contribution in [0.1, 0.15) is 28.4 Å². The molecule has 32 heavy (non-hydrogen) atoms. The van der Waals surface area contributed by atoms with Crippen molar-refractivity contribution in [1.82, 2.24) is 5.43 Å². The van der Waals surface area contributed by atoms with E-state index < -0.39 is 0 Å². The molecule has 1 N–H and O–H groups in total. The summed E-state index contributed by atoms with van der Waals surface area (Å²) in [6.45, 7) is 2.77. The number of hydrazone groups is 1. The van der Waals surface area contributed by atoms with Crippen LogP contribution >= 0.6 is 23.2 Å². The first-order chi connectivity index (χ1) is 15.5. The summed E-state index contributed by atoms with van der Waals surface area (Å²) in [4.78, 5) is 12.2. The molecule has 0 atom stereocenters. The highest BCUT2D eigenvalue weighted by atomic mass is 35.5. The smallest absolute Gasteiger partial charge is 0.271 e. The standard InChI is InChI=1S/C24H22Cl2N2O4/c1-3-31-19-8-6-18(7-9-19)24(29)28-27-14-16-5-11-22(23(13-16)30-2)32-15-17-4-10-20(25)21(26)12-17/h4-14H,3,15H2,1-2H3,(H,28,29)/b27-14-. The maximum Gasteiger partial charge on any atom is 0.271 e. The van der Waals surface area contributed by atoms with Crippen LogP contribution in [0.5, 0.6) is 17.2 Å².